The summed E-state index contributed by atoms with van der Waals surface area (Å²) in [6.45, 7) is 3.61. The number of nitrogens with zero attached hydrogens (tertiary/aromatic N) is 1. The fraction of sp³-hybridized carbons (Fsp3) is 0.300. The zero-order valence-electron chi connectivity index (χ0n) is 15.2. The summed E-state index contributed by atoms with van der Waals surface area (Å²) in [5.41, 5.74) is 9.81. The highest BCUT2D eigenvalue weighted by Gasteiger charge is 2.35. The molecule has 3 N–H and O–H groups in total. The van der Waals surface area contributed by atoms with E-state index in [0.717, 1.165) is 23.4 Å². The predicted octanol–water partition coefficient (Wildman–Crippen LogP) is 2.83. The highest BCUT2D eigenvalue weighted by atomic mass is 16.5. The van der Waals surface area contributed by atoms with Crippen LogP contribution in [-0.4, -0.2) is 31.1 Å². The Hall–Kier alpha value is -3.02. The Bertz CT molecular complexity index is 850. The van der Waals surface area contributed by atoms with Gasteiger partial charge in [0.1, 0.15) is 0 Å². The summed E-state index contributed by atoms with van der Waals surface area (Å²) in [4.78, 5) is 25.7. The van der Waals surface area contributed by atoms with Gasteiger partial charge in [-0.25, -0.2) is 4.79 Å². The van der Waals surface area contributed by atoms with E-state index in [1.54, 1.807) is 25.1 Å². The molecule has 3 rings (SSSR count). The van der Waals surface area contributed by atoms with Crippen LogP contribution in [0.4, 0.5) is 17.1 Å². The molecule has 2 unspecified atom stereocenters. The first kappa shape index (κ1) is 17.8. The first-order chi connectivity index (χ1) is 12.4. The average Bonchev–Trinajstić information content (AvgIpc) is 3.02. The summed E-state index contributed by atoms with van der Waals surface area (Å²) >= 11 is 0. The van der Waals surface area contributed by atoms with E-state index in [1.165, 1.54) is 7.11 Å². The number of methoxy groups -OCH3 is 1. The number of fused-ring (bicyclic) bond motifs is 1. The van der Waals surface area contributed by atoms with Gasteiger partial charge in [0.15, 0.2) is 0 Å². The van der Waals surface area contributed by atoms with Gasteiger partial charge >= 0.3 is 5.97 Å². The van der Waals surface area contributed by atoms with Crippen molar-refractivity contribution >= 4 is 28.9 Å². The maximum atomic E-state index is 12.2. The van der Waals surface area contributed by atoms with Gasteiger partial charge in [0, 0.05) is 18.7 Å². The van der Waals surface area contributed by atoms with Crippen molar-refractivity contribution in [2.75, 3.05) is 23.1 Å². The van der Waals surface area contributed by atoms with Crippen LogP contribution in [0.2, 0.25) is 0 Å². The third kappa shape index (κ3) is 3.22. The lowest BCUT2D eigenvalue weighted by molar-refractivity contribution is -0.117. The summed E-state index contributed by atoms with van der Waals surface area (Å²) in [6.07, 6.45) is 0.782. The van der Waals surface area contributed by atoms with Crippen LogP contribution in [0.3, 0.4) is 0 Å². The molecule has 0 aliphatic carbocycles. The number of nitrogen functional groups attached to an aromatic ring is 1. The highest BCUT2D eigenvalue weighted by molar-refractivity contribution is 5.95. The van der Waals surface area contributed by atoms with Crippen LogP contribution >= 0.6 is 0 Å². The monoisotopic (exact) mass is 353 g/mol. The van der Waals surface area contributed by atoms with Gasteiger partial charge in [0.05, 0.1) is 30.1 Å². The molecule has 0 fully saturated rings. The van der Waals surface area contributed by atoms with Crippen LogP contribution in [0.1, 0.15) is 29.8 Å². The summed E-state index contributed by atoms with van der Waals surface area (Å²) in [5.74, 6) is -0.409. The lowest BCUT2D eigenvalue weighted by Crippen LogP contribution is -2.46. The zero-order valence-corrected chi connectivity index (χ0v) is 15.2. The van der Waals surface area contributed by atoms with Gasteiger partial charge in [0.25, 0.3) is 0 Å². The molecule has 0 saturated carbocycles. The number of anilines is 3. The minimum absolute atomic E-state index is 0.00964. The fourth-order valence-corrected chi connectivity index (χ4v) is 3.50. The van der Waals surface area contributed by atoms with Crippen molar-refractivity contribution in [1.29, 1.82) is 0 Å². The van der Waals surface area contributed by atoms with Crippen LogP contribution in [0.25, 0.3) is 0 Å². The van der Waals surface area contributed by atoms with E-state index in [-0.39, 0.29) is 18.0 Å². The van der Waals surface area contributed by atoms with Gasteiger partial charge < -0.3 is 20.7 Å². The second kappa shape index (κ2) is 7.07. The molecule has 6 heteroatoms. The molecule has 1 heterocycles. The predicted molar refractivity (Wildman–Crippen MR) is 102 cm³/mol. The number of hydrogen-bond donors (Lipinski definition) is 2. The number of benzene rings is 2. The smallest absolute Gasteiger partial charge is 0.337 e. The SMILES string of the molecule is COC(=O)c1ccc(NC(C)C2Cc3ccccc3N2C(C)=O)c(N)c1. The van der Waals surface area contributed by atoms with E-state index >= 15 is 0 Å². The van der Waals surface area contributed by atoms with Gasteiger partial charge in [-0.1, -0.05) is 18.2 Å². The minimum Gasteiger partial charge on any atom is -0.465 e. The molecule has 1 aliphatic rings. The Morgan fingerprint density at radius 2 is 2.00 bits per heavy atom. The second-order valence-corrected chi connectivity index (χ2v) is 6.52. The Balaban J connectivity index is 1.81. The Labute approximate surface area is 152 Å². The normalized spacial score (nSPS) is 16.7. The molecule has 0 radical (unpaired) electrons. The number of nitrogens with one attached hydrogen (secondary N) is 1. The maximum Gasteiger partial charge on any atom is 0.337 e. The Kier molecular flexibility index (Phi) is 4.84. The molecule has 0 aromatic heterocycles. The maximum absolute atomic E-state index is 12.2. The first-order valence-corrected chi connectivity index (χ1v) is 8.54. The lowest BCUT2D eigenvalue weighted by Gasteiger charge is -2.30. The topological polar surface area (TPSA) is 84.7 Å². The van der Waals surface area contributed by atoms with Crippen LogP contribution in [0.15, 0.2) is 42.5 Å². The quantitative estimate of drug-likeness (QED) is 0.652. The number of para-hydroxylation sites is 1. The Morgan fingerprint density at radius 3 is 2.65 bits per heavy atom. The van der Waals surface area contributed by atoms with Gasteiger partial charge in [-0.15, -0.1) is 0 Å². The second-order valence-electron chi connectivity index (χ2n) is 6.52. The molecule has 26 heavy (non-hydrogen) atoms. The number of ether oxygens (including phenoxy) is 1. The van der Waals surface area contributed by atoms with Gasteiger partial charge in [-0.3, -0.25) is 4.79 Å². The minimum atomic E-state index is -0.426. The molecule has 2 aromatic rings. The third-order valence-electron chi connectivity index (χ3n) is 4.78. The van der Waals surface area contributed by atoms with E-state index < -0.39 is 5.97 Å². The molecule has 6 nitrogen and oxygen atoms in total. The van der Waals surface area contributed by atoms with Crippen LogP contribution < -0.4 is 16.0 Å². The van der Waals surface area contributed by atoms with Crippen LogP contribution in [0, 0.1) is 0 Å². The highest BCUT2D eigenvalue weighted by Crippen LogP contribution is 2.34. The number of carbonyl (C=O) groups is 2. The van der Waals surface area contributed by atoms with E-state index in [9.17, 15) is 9.59 Å². The molecule has 136 valence electrons. The average molecular weight is 353 g/mol. The number of hydrogen-bond acceptors (Lipinski definition) is 5. The largest absolute Gasteiger partial charge is 0.465 e. The van der Waals surface area contributed by atoms with Crippen LogP contribution in [-0.2, 0) is 16.0 Å². The molecule has 0 spiro atoms. The molecule has 0 bridgehead atoms. The van der Waals surface area contributed by atoms with Crippen LogP contribution in [0.5, 0.6) is 0 Å². The third-order valence-corrected chi connectivity index (χ3v) is 4.78. The molecule has 1 amide bonds. The first-order valence-electron chi connectivity index (χ1n) is 8.54. The number of carbonyl (C=O) groups excluding carboxylic acids is 2. The number of rotatable bonds is 4. The molecule has 2 aromatic carbocycles. The number of nitrogens with two attached hydrogens (primary N) is 1. The van der Waals surface area contributed by atoms with Gasteiger partial charge in [-0.2, -0.15) is 0 Å². The van der Waals surface area contributed by atoms with E-state index in [2.05, 4.69) is 11.4 Å². The van der Waals surface area contributed by atoms with E-state index in [0.29, 0.717) is 11.3 Å². The van der Waals surface area contributed by atoms with Crippen molar-refractivity contribution in [1.82, 2.24) is 0 Å². The Morgan fingerprint density at radius 1 is 1.27 bits per heavy atom. The summed E-state index contributed by atoms with van der Waals surface area (Å²) in [7, 11) is 1.33. The van der Waals surface area contributed by atoms with Crippen molar-refractivity contribution in [3.05, 3.63) is 53.6 Å². The number of amides is 1. The van der Waals surface area contributed by atoms with Gasteiger partial charge in [0.2, 0.25) is 5.91 Å². The summed E-state index contributed by atoms with van der Waals surface area (Å²) < 4.78 is 4.71. The molecule has 0 saturated heterocycles. The van der Waals surface area contributed by atoms with Crippen molar-refractivity contribution in [2.45, 2.75) is 32.4 Å². The van der Waals surface area contributed by atoms with Crippen molar-refractivity contribution < 1.29 is 14.3 Å². The van der Waals surface area contributed by atoms with Crippen molar-refractivity contribution in [3.8, 4) is 0 Å². The van der Waals surface area contributed by atoms with E-state index in [1.807, 2.05) is 30.0 Å². The van der Waals surface area contributed by atoms with E-state index in [4.69, 9.17) is 10.5 Å². The lowest BCUT2D eigenvalue weighted by atomic mass is 10.0. The van der Waals surface area contributed by atoms with Crippen molar-refractivity contribution in [3.63, 3.8) is 0 Å². The fourth-order valence-electron chi connectivity index (χ4n) is 3.50. The van der Waals surface area contributed by atoms with Crippen molar-refractivity contribution in [2.24, 2.45) is 0 Å². The van der Waals surface area contributed by atoms with Gasteiger partial charge in [-0.05, 0) is 43.2 Å². The zero-order chi connectivity index (χ0) is 18.8. The summed E-state index contributed by atoms with van der Waals surface area (Å²) in [5, 5.41) is 3.38. The molecule has 1 aliphatic heterocycles. The standard InChI is InChI=1S/C20H23N3O3/c1-12(22-17-9-8-15(10-16(17)21)20(25)26-3)19-11-14-6-4-5-7-18(14)23(19)13(2)24/h4-10,12,19,22H,11,21H2,1-3H3. The number of esters is 1. The molecular weight excluding hydrogens is 330 g/mol. The summed E-state index contributed by atoms with van der Waals surface area (Å²) in [6, 6.07) is 12.9. The molecule has 2 atom stereocenters. The molecular formula is C20H23N3O3.